The number of hydrogen-bond donors (Lipinski definition) is 1. The zero-order chi connectivity index (χ0) is 25.4. The van der Waals surface area contributed by atoms with Crippen molar-refractivity contribution >= 4 is 69.5 Å². The molecule has 0 saturated carbocycles. The first kappa shape index (κ1) is 24.5. The van der Waals surface area contributed by atoms with E-state index >= 15 is 0 Å². The summed E-state index contributed by atoms with van der Waals surface area (Å²) in [5.41, 5.74) is 1.02. The number of benzene rings is 2. The van der Waals surface area contributed by atoms with Gasteiger partial charge in [-0.25, -0.2) is 9.79 Å². The SMILES string of the molecule is Cc1c(N=C2S/C(=C\c3ccc(-c4cc([N+](=O)[O-])c(Cl)cc4Cl)o3)C(=O)N2C)cccc1C(=O)O. The van der Waals surface area contributed by atoms with Crippen LogP contribution in [0.15, 0.2) is 56.8 Å². The molecule has 0 aliphatic carbocycles. The topological polar surface area (TPSA) is 126 Å². The summed E-state index contributed by atoms with van der Waals surface area (Å²) >= 11 is 13.2. The van der Waals surface area contributed by atoms with Crippen LogP contribution in [0.5, 0.6) is 0 Å². The Morgan fingerprint density at radius 3 is 2.66 bits per heavy atom. The molecular formula is C23H15Cl2N3O6S. The van der Waals surface area contributed by atoms with Gasteiger partial charge >= 0.3 is 5.97 Å². The first-order chi connectivity index (χ1) is 16.6. The molecule has 9 nitrogen and oxygen atoms in total. The van der Waals surface area contributed by atoms with Crippen molar-refractivity contribution in [1.82, 2.24) is 4.90 Å². The lowest BCUT2D eigenvalue weighted by Gasteiger charge is -2.09. The van der Waals surface area contributed by atoms with E-state index in [1.165, 1.54) is 29.2 Å². The van der Waals surface area contributed by atoms with E-state index < -0.39 is 10.9 Å². The predicted molar refractivity (Wildman–Crippen MR) is 134 cm³/mol. The molecule has 0 bridgehead atoms. The number of rotatable bonds is 5. The van der Waals surface area contributed by atoms with E-state index in [4.69, 9.17) is 27.6 Å². The van der Waals surface area contributed by atoms with Gasteiger partial charge in [0.15, 0.2) is 5.17 Å². The highest BCUT2D eigenvalue weighted by molar-refractivity contribution is 8.18. The van der Waals surface area contributed by atoms with E-state index in [1.54, 1.807) is 38.2 Å². The van der Waals surface area contributed by atoms with E-state index in [9.17, 15) is 24.8 Å². The zero-order valence-corrected chi connectivity index (χ0v) is 20.4. The molecule has 1 amide bonds. The quantitative estimate of drug-likeness (QED) is 0.229. The highest BCUT2D eigenvalue weighted by Crippen LogP contribution is 2.39. The van der Waals surface area contributed by atoms with Crippen molar-refractivity contribution in [3.63, 3.8) is 0 Å². The van der Waals surface area contributed by atoms with Crippen LogP contribution in [-0.2, 0) is 4.79 Å². The molecule has 12 heteroatoms. The Bertz CT molecular complexity index is 1460. The molecule has 2 aromatic carbocycles. The average molecular weight is 532 g/mol. The molecule has 1 fully saturated rings. The molecule has 1 saturated heterocycles. The fourth-order valence-electron chi connectivity index (χ4n) is 3.30. The lowest BCUT2D eigenvalue weighted by molar-refractivity contribution is -0.384. The highest BCUT2D eigenvalue weighted by atomic mass is 35.5. The average Bonchev–Trinajstić information content (AvgIpc) is 3.35. The van der Waals surface area contributed by atoms with Crippen molar-refractivity contribution in [2.75, 3.05) is 7.05 Å². The Labute approximate surface area is 212 Å². The van der Waals surface area contributed by atoms with Crippen molar-refractivity contribution in [2.45, 2.75) is 6.92 Å². The van der Waals surface area contributed by atoms with Crippen molar-refractivity contribution < 1.29 is 24.0 Å². The maximum Gasteiger partial charge on any atom is 0.336 e. The van der Waals surface area contributed by atoms with Crippen LogP contribution in [0.4, 0.5) is 11.4 Å². The maximum atomic E-state index is 12.8. The van der Waals surface area contributed by atoms with Crippen LogP contribution < -0.4 is 0 Å². The van der Waals surface area contributed by atoms with Gasteiger partial charge in [-0.1, -0.05) is 29.3 Å². The molecule has 35 heavy (non-hydrogen) atoms. The van der Waals surface area contributed by atoms with E-state index in [2.05, 4.69) is 4.99 Å². The Morgan fingerprint density at radius 1 is 1.23 bits per heavy atom. The van der Waals surface area contributed by atoms with Crippen molar-refractivity contribution in [3.8, 4) is 11.3 Å². The molecular weight excluding hydrogens is 517 g/mol. The number of aliphatic imine (C=N–C) groups is 1. The summed E-state index contributed by atoms with van der Waals surface area (Å²) in [6.45, 7) is 1.65. The van der Waals surface area contributed by atoms with Crippen LogP contribution in [0, 0.1) is 17.0 Å². The first-order valence-corrected chi connectivity index (χ1v) is 11.5. The molecule has 0 unspecified atom stereocenters. The molecule has 1 aromatic heterocycles. The summed E-state index contributed by atoms with van der Waals surface area (Å²) in [5, 5.41) is 21.0. The third-order valence-corrected chi connectivity index (χ3v) is 6.83. The number of carbonyl (C=O) groups is 2. The van der Waals surface area contributed by atoms with Crippen molar-refractivity contribution in [3.05, 3.63) is 84.4 Å². The number of nitro benzene ring substituents is 1. The number of likely N-dealkylation sites (N-methyl/N-ethyl adjacent to an activating group) is 1. The number of nitrogens with zero attached hydrogens (tertiary/aromatic N) is 3. The number of hydrogen-bond acceptors (Lipinski definition) is 7. The number of aromatic carboxylic acids is 1. The minimum absolute atomic E-state index is 0.0930. The van der Waals surface area contributed by atoms with E-state index in [0.717, 1.165) is 11.8 Å². The summed E-state index contributed by atoms with van der Waals surface area (Å²) in [7, 11) is 1.56. The molecule has 1 aliphatic heterocycles. The fourth-order valence-corrected chi connectivity index (χ4v) is 4.81. The van der Waals surface area contributed by atoms with Crippen molar-refractivity contribution in [1.29, 1.82) is 0 Å². The predicted octanol–water partition coefficient (Wildman–Crippen LogP) is 6.40. The minimum Gasteiger partial charge on any atom is -0.478 e. The number of thioether (sulfide) groups is 1. The monoisotopic (exact) mass is 531 g/mol. The van der Waals surface area contributed by atoms with Gasteiger partial charge in [-0.2, -0.15) is 0 Å². The van der Waals surface area contributed by atoms with Crippen LogP contribution in [0.2, 0.25) is 10.0 Å². The third-order valence-electron chi connectivity index (χ3n) is 5.15. The molecule has 0 radical (unpaired) electrons. The Morgan fingerprint density at radius 2 is 1.97 bits per heavy atom. The molecule has 178 valence electrons. The van der Waals surface area contributed by atoms with Crippen LogP contribution in [0.25, 0.3) is 17.4 Å². The zero-order valence-electron chi connectivity index (χ0n) is 18.1. The largest absolute Gasteiger partial charge is 0.478 e. The van der Waals surface area contributed by atoms with Gasteiger partial charge in [0.1, 0.15) is 16.5 Å². The number of carboxylic acids is 1. The Hall–Kier alpha value is -3.60. The van der Waals surface area contributed by atoms with Gasteiger partial charge in [0.25, 0.3) is 11.6 Å². The summed E-state index contributed by atoms with van der Waals surface area (Å²) in [5.74, 6) is -0.795. The number of halogens is 2. The van der Waals surface area contributed by atoms with Gasteiger partial charge in [0, 0.05) is 24.8 Å². The van der Waals surface area contributed by atoms with Gasteiger partial charge in [-0.3, -0.25) is 19.8 Å². The van der Waals surface area contributed by atoms with Crippen molar-refractivity contribution in [2.24, 2.45) is 4.99 Å². The molecule has 2 heterocycles. The minimum atomic E-state index is -1.06. The van der Waals surface area contributed by atoms with Gasteiger partial charge in [0.05, 0.1) is 26.1 Å². The normalized spacial score (nSPS) is 15.9. The number of furan rings is 1. The first-order valence-electron chi connectivity index (χ1n) is 9.89. The van der Waals surface area contributed by atoms with Crippen LogP contribution >= 0.6 is 35.0 Å². The van der Waals surface area contributed by atoms with E-state index in [1.807, 2.05) is 0 Å². The number of carbonyl (C=O) groups excluding carboxylic acids is 1. The Kier molecular flexibility index (Phi) is 6.70. The van der Waals surface area contributed by atoms with Gasteiger partial charge in [0.2, 0.25) is 0 Å². The van der Waals surface area contributed by atoms with Crippen LogP contribution in [0.3, 0.4) is 0 Å². The molecule has 3 aromatic rings. The van der Waals surface area contributed by atoms with E-state index in [-0.39, 0.29) is 38.5 Å². The third kappa shape index (κ3) is 4.81. The Balaban J connectivity index is 1.64. The lowest BCUT2D eigenvalue weighted by Crippen LogP contribution is -2.23. The molecule has 1 N–H and O–H groups in total. The fraction of sp³-hybridized carbons (Fsp3) is 0.0870. The highest BCUT2D eigenvalue weighted by Gasteiger charge is 2.31. The lowest BCUT2D eigenvalue weighted by atomic mass is 10.1. The van der Waals surface area contributed by atoms with Crippen LogP contribution in [-0.4, -0.2) is 39.0 Å². The summed E-state index contributed by atoms with van der Waals surface area (Å²) in [6, 6.07) is 10.4. The van der Waals surface area contributed by atoms with E-state index in [0.29, 0.717) is 27.1 Å². The summed E-state index contributed by atoms with van der Waals surface area (Å²) in [4.78, 5) is 40.9. The number of carboxylic acid groups (broad SMARTS) is 1. The smallest absolute Gasteiger partial charge is 0.336 e. The number of nitro groups is 1. The summed E-state index contributed by atoms with van der Waals surface area (Å²) in [6.07, 6.45) is 1.52. The van der Waals surface area contributed by atoms with Gasteiger partial charge in [-0.05, 0) is 54.6 Å². The molecule has 0 spiro atoms. The molecule has 1 aliphatic rings. The second kappa shape index (κ2) is 9.57. The second-order valence-corrected chi connectivity index (χ2v) is 9.19. The standard InChI is InChI=1S/C23H15Cl2N3O6S/c1-11-13(22(30)31)4-3-5-17(11)26-23-27(2)21(29)20(35-23)8-12-6-7-19(34-12)14-9-18(28(32)33)16(25)10-15(14)24/h3-10H,1-2H3,(H,30,31)/b20-8-,26-23?. The number of amidine groups is 1. The van der Waals surface area contributed by atoms with Crippen LogP contribution in [0.1, 0.15) is 21.7 Å². The maximum absolute atomic E-state index is 12.8. The number of amides is 1. The van der Waals surface area contributed by atoms with Gasteiger partial charge < -0.3 is 9.52 Å². The molecule has 4 rings (SSSR count). The molecule has 0 atom stereocenters. The van der Waals surface area contributed by atoms with Gasteiger partial charge in [-0.15, -0.1) is 0 Å². The summed E-state index contributed by atoms with van der Waals surface area (Å²) < 4.78 is 5.77. The second-order valence-electron chi connectivity index (χ2n) is 7.37.